The third-order valence-electron chi connectivity index (χ3n) is 2.13. The molecule has 0 fully saturated rings. The maximum atomic E-state index is 13.3. The van der Waals surface area contributed by atoms with Crippen LogP contribution in [0.4, 0.5) is 10.1 Å². The lowest BCUT2D eigenvalue weighted by atomic mass is 10.3. The van der Waals surface area contributed by atoms with Crippen LogP contribution < -0.4 is 4.74 Å². The van der Waals surface area contributed by atoms with Crippen LogP contribution in [0.15, 0.2) is 39.4 Å². The Hall–Kier alpha value is -1.89. The van der Waals surface area contributed by atoms with Gasteiger partial charge in [-0.2, -0.15) is 4.39 Å². The minimum absolute atomic E-state index is 0.114. The Bertz CT molecular complexity index is 584. The molecule has 2 aromatic rings. The lowest BCUT2D eigenvalue weighted by Gasteiger charge is -2.04. The van der Waals surface area contributed by atoms with Crippen molar-refractivity contribution in [2.24, 2.45) is 0 Å². The van der Waals surface area contributed by atoms with Gasteiger partial charge in [-0.3, -0.25) is 10.1 Å². The predicted octanol–water partition coefficient (Wildman–Crippen LogP) is 3.67. The number of furan rings is 1. The first kappa shape index (κ1) is 12.6. The van der Waals surface area contributed by atoms with Crippen LogP contribution in [0.3, 0.4) is 0 Å². The summed E-state index contributed by atoms with van der Waals surface area (Å²) in [5.41, 5.74) is -0.580. The van der Waals surface area contributed by atoms with E-state index in [1.807, 2.05) is 0 Å². The number of nitro groups is 1. The van der Waals surface area contributed by atoms with Crippen molar-refractivity contribution in [3.05, 3.63) is 56.7 Å². The first-order chi connectivity index (χ1) is 8.56. The molecular weight excluding hydrogens is 309 g/mol. The highest BCUT2D eigenvalue weighted by Crippen LogP contribution is 2.23. The van der Waals surface area contributed by atoms with Crippen LogP contribution in [0.5, 0.6) is 5.75 Å². The minimum atomic E-state index is -0.932. The highest BCUT2D eigenvalue weighted by molar-refractivity contribution is 9.10. The van der Waals surface area contributed by atoms with Gasteiger partial charge in [0.05, 0.1) is 4.92 Å². The van der Waals surface area contributed by atoms with Crippen LogP contribution in [0.1, 0.15) is 5.76 Å². The fourth-order valence-electron chi connectivity index (χ4n) is 1.31. The van der Waals surface area contributed by atoms with Gasteiger partial charge in [0.1, 0.15) is 18.1 Å². The summed E-state index contributed by atoms with van der Waals surface area (Å²) in [7, 11) is 0. The van der Waals surface area contributed by atoms with Crippen LogP contribution in [0.2, 0.25) is 0 Å². The van der Waals surface area contributed by atoms with Gasteiger partial charge in [-0.05, 0) is 34.1 Å². The third kappa shape index (κ3) is 2.86. The number of ether oxygens (including phenoxy) is 1. The van der Waals surface area contributed by atoms with Crippen molar-refractivity contribution < 1.29 is 18.5 Å². The summed E-state index contributed by atoms with van der Waals surface area (Å²) in [6, 6.07) is 6.76. The van der Waals surface area contributed by atoms with Crippen molar-refractivity contribution in [2.75, 3.05) is 0 Å². The number of benzene rings is 1. The van der Waals surface area contributed by atoms with E-state index in [-0.39, 0.29) is 12.4 Å². The molecule has 0 aliphatic heterocycles. The predicted molar refractivity (Wildman–Crippen MR) is 63.8 cm³/mol. The average molecular weight is 316 g/mol. The van der Waals surface area contributed by atoms with Gasteiger partial charge in [0.25, 0.3) is 0 Å². The van der Waals surface area contributed by atoms with E-state index in [4.69, 9.17) is 9.15 Å². The first-order valence-electron chi connectivity index (χ1n) is 4.87. The quantitative estimate of drug-likeness (QED) is 0.637. The fourth-order valence-corrected chi connectivity index (χ4v) is 1.65. The van der Waals surface area contributed by atoms with Gasteiger partial charge in [-0.15, -0.1) is 0 Å². The Labute approximate surface area is 109 Å². The Morgan fingerprint density at radius 3 is 2.72 bits per heavy atom. The van der Waals surface area contributed by atoms with Crippen LogP contribution in [0, 0.1) is 15.9 Å². The lowest BCUT2D eigenvalue weighted by molar-refractivity contribution is -0.387. The molecule has 0 atom stereocenters. The van der Waals surface area contributed by atoms with E-state index in [9.17, 15) is 14.5 Å². The molecule has 2 rings (SSSR count). The SMILES string of the molecule is O=[N+]([O-])c1ccc(OCc2ccc(Br)o2)cc1F. The summed E-state index contributed by atoms with van der Waals surface area (Å²) in [4.78, 5) is 9.63. The third-order valence-corrected chi connectivity index (χ3v) is 2.55. The van der Waals surface area contributed by atoms with Crippen LogP contribution in [0.25, 0.3) is 0 Å². The molecule has 94 valence electrons. The summed E-state index contributed by atoms with van der Waals surface area (Å²) >= 11 is 3.14. The zero-order valence-electron chi connectivity index (χ0n) is 8.93. The summed E-state index contributed by atoms with van der Waals surface area (Å²) in [5.74, 6) is -0.176. The number of hydrogen-bond donors (Lipinski definition) is 0. The molecule has 0 aliphatic carbocycles. The fraction of sp³-hybridized carbons (Fsp3) is 0.0909. The van der Waals surface area contributed by atoms with Crippen molar-refractivity contribution in [3.8, 4) is 5.75 Å². The van der Waals surface area contributed by atoms with Gasteiger partial charge in [0, 0.05) is 12.1 Å². The first-order valence-corrected chi connectivity index (χ1v) is 5.66. The number of nitrogens with zero attached hydrogens (tertiary/aromatic N) is 1. The molecule has 5 nitrogen and oxygen atoms in total. The molecule has 18 heavy (non-hydrogen) atoms. The molecule has 0 bridgehead atoms. The van der Waals surface area contributed by atoms with E-state index in [0.29, 0.717) is 10.4 Å². The molecule has 1 aromatic heterocycles. The van der Waals surface area contributed by atoms with Gasteiger partial charge < -0.3 is 9.15 Å². The molecule has 0 unspecified atom stereocenters. The van der Waals surface area contributed by atoms with E-state index in [2.05, 4.69) is 15.9 Å². The van der Waals surface area contributed by atoms with Crippen molar-refractivity contribution in [1.29, 1.82) is 0 Å². The van der Waals surface area contributed by atoms with E-state index < -0.39 is 16.4 Å². The van der Waals surface area contributed by atoms with Crippen molar-refractivity contribution in [1.82, 2.24) is 0 Å². The number of nitro benzene ring substituents is 1. The average Bonchev–Trinajstić information content (AvgIpc) is 2.72. The molecule has 1 aromatic carbocycles. The maximum absolute atomic E-state index is 13.3. The van der Waals surface area contributed by atoms with Crippen molar-refractivity contribution in [3.63, 3.8) is 0 Å². The number of hydrogen-bond acceptors (Lipinski definition) is 4. The molecule has 0 N–H and O–H groups in total. The molecule has 1 heterocycles. The molecule has 0 radical (unpaired) electrons. The Balaban J connectivity index is 2.06. The standard InChI is InChI=1S/C11H7BrFNO4/c12-11-4-2-8(18-11)6-17-7-1-3-10(14(15)16)9(13)5-7/h1-5H,6H2. The van der Waals surface area contributed by atoms with Crippen LogP contribution >= 0.6 is 15.9 Å². The maximum Gasteiger partial charge on any atom is 0.305 e. The van der Waals surface area contributed by atoms with Gasteiger partial charge in [-0.1, -0.05) is 0 Å². The zero-order chi connectivity index (χ0) is 13.1. The molecular formula is C11H7BrFNO4. The largest absolute Gasteiger partial charge is 0.486 e. The number of rotatable bonds is 4. The van der Waals surface area contributed by atoms with Crippen molar-refractivity contribution in [2.45, 2.75) is 6.61 Å². The second-order valence-electron chi connectivity index (χ2n) is 3.36. The minimum Gasteiger partial charge on any atom is -0.486 e. The monoisotopic (exact) mass is 315 g/mol. The molecule has 7 heteroatoms. The number of halogens is 2. The second-order valence-corrected chi connectivity index (χ2v) is 4.15. The van der Waals surface area contributed by atoms with Gasteiger partial charge >= 0.3 is 5.69 Å². The Morgan fingerprint density at radius 2 is 2.17 bits per heavy atom. The Kier molecular flexibility index (Phi) is 3.61. The van der Waals surface area contributed by atoms with E-state index in [0.717, 1.165) is 12.1 Å². The topological polar surface area (TPSA) is 65.5 Å². The van der Waals surface area contributed by atoms with Crippen LogP contribution in [-0.2, 0) is 6.61 Å². The normalized spacial score (nSPS) is 10.3. The van der Waals surface area contributed by atoms with Gasteiger partial charge in [0.15, 0.2) is 4.67 Å². The molecule has 0 aliphatic rings. The highest BCUT2D eigenvalue weighted by Gasteiger charge is 2.14. The van der Waals surface area contributed by atoms with E-state index >= 15 is 0 Å². The summed E-state index contributed by atoms with van der Waals surface area (Å²) in [6.07, 6.45) is 0. The van der Waals surface area contributed by atoms with Gasteiger partial charge in [-0.25, -0.2) is 0 Å². The zero-order valence-corrected chi connectivity index (χ0v) is 10.5. The summed E-state index contributed by atoms with van der Waals surface area (Å²) in [6.45, 7) is 0.114. The smallest absolute Gasteiger partial charge is 0.305 e. The molecule has 0 spiro atoms. The highest BCUT2D eigenvalue weighted by atomic mass is 79.9. The molecule has 0 saturated heterocycles. The lowest BCUT2D eigenvalue weighted by Crippen LogP contribution is -1.96. The Morgan fingerprint density at radius 1 is 1.39 bits per heavy atom. The van der Waals surface area contributed by atoms with Gasteiger partial charge in [0.2, 0.25) is 5.82 Å². The van der Waals surface area contributed by atoms with Crippen LogP contribution in [-0.4, -0.2) is 4.92 Å². The second kappa shape index (κ2) is 5.18. The summed E-state index contributed by atoms with van der Waals surface area (Å²) in [5, 5.41) is 10.4. The van der Waals surface area contributed by atoms with E-state index in [1.54, 1.807) is 12.1 Å². The molecule has 0 amide bonds. The van der Waals surface area contributed by atoms with E-state index in [1.165, 1.54) is 6.07 Å². The van der Waals surface area contributed by atoms with Crippen molar-refractivity contribution >= 4 is 21.6 Å². The summed E-state index contributed by atoms with van der Waals surface area (Å²) < 4.78 is 24.3. The molecule has 0 saturated carbocycles.